The van der Waals surface area contributed by atoms with Crippen LogP contribution in [0.5, 0.6) is 0 Å². The lowest BCUT2D eigenvalue weighted by atomic mass is 10.2. The van der Waals surface area contributed by atoms with Crippen molar-refractivity contribution in [3.63, 3.8) is 0 Å². The third-order valence-electron chi connectivity index (χ3n) is 2.83. The van der Waals surface area contributed by atoms with Crippen LogP contribution in [-0.2, 0) is 22.9 Å². The van der Waals surface area contributed by atoms with E-state index >= 15 is 0 Å². The highest BCUT2D eigenvalue weighted by Crippen LogP contribution is 2.22. The molecule has 0 amide bonds. The molecular weight excluding hydrogens is 232 g/mol. The number of nitrogens with zero attached hydrogens (tertiary/aromatic N) is 2. The Balaban J connectivity index is 2.66. The van der Waals surface area contributed by atoms with Gasteiger partial charge >= 0.3 is 0 Å². The summed E-state index contributed by atoms with van der Waals surface area (Å²) in [6, 6.07) is 0. The average molecular weight is 256 g/mol. The van der Waals surface area contributed by atoms with Crippen LogP contribution in [0.1, 0.15) is 19.0 Å². The standard InChI is InChI=1S/C12H24N4O2/c1-5-6-10-11(13)12(16(2)15-10)14-7-9(18-4)8-17-3/h9,14H,5-8,13H2,1-4H3. The van der Waals surface area contributed by atoms with Crippen LogP contribution in [0.3, 0.4) is 0 Å². The largest absolute Gasteiger partial charge is 0.394 e. The molecule has 1 rings (SSSR count). The maximum atomic E-state index is 6.07. The van der Waals surface area contributed by atoms with Gasteiger partial charge in [-0.2, -0.15) is 5.10 Å². The quantitative estimate of drug-likeness (QED) is 0.726. The van der Waals surface area contributed by atoms with Gasteiger partial charge < -0.3 is 20.5 Å². The van der Waals surface area contributed by atoms with Crippen molar-refractivity contribution in [3.8, 4) is 0 Å². The van der Waals surface area contributed by atoms with E-state index in [4.69, 9.17) is 15.2 Å². The third kappa shape index (κ3) is 3.61. The van der Waals surface area contributed by atoms with Crippen molar-refractivity contribution in [3.05, 3.63) is 5.69 Å². The smallest absolute Gasteiger partial charge is 0.147 e. The molecule has 0 saturated heterocycles. The van der Waals surface area contributed by atoms with Crippen molar-refractivity contribution >= 4 is 11.5 Å². The molecule has 1 unspecified atom stereocenters. The molecule has 1 aromatic heterocycles. The topological polar surface area (TPSA) is 74.3 Å². The Morgan fingerprint density at radius 2 is 2.17 bits per heavy atom. The van der Waals surface area contributed by atoms with E-state index in [2.05, 4.69) is 17.3 Å². The van der Waals surface area contributed by atoms with Gasteiger partial charge in [0, 0.05) is 27.8 Å². The van der Waals surface area contributed by atoms with Gasteiger partial charge in [-0.3, -0.25) is 4.68 Å². The summed E-state index contributed by atoms with van der Waals surface area (Å²) in [6.45, 7) is 3.30. The first-order valence-electron chi connectivity index (χ1n) is 6.20. The molecule has 0 fully saturated rings. The molecule has 1 heterocycles. The minimum Gasteiger partial charge on any atom is -0.394 e. The predicted molar refractivity (Wildman–Crippen MR) is 72.8 cm³/mol. The van der Waals surface area contributed by atoms with Gasteiger partial charge in [-0.1, -0.05) is 13.3 Å². The number of nitrogens with one attached hydrogen (secondary N) is 1. The Kier molecular flexibility index (Phi) is 5.94. The molecular formula is C12H24N4O2. The molecule has 0 spiro atoms. The van der Waals surface area contributed by atoms with Gasteiger partial charge in [-0.15, -0.1) is 0 Å². The van der Waals surface area contributed by atoms with E-state index in [0.717, 1.165) is 30.0 Å². The number of methoxy groups -OCH3 is 2. The highest BCUT2D eigenvalue weighted by molar-refractivity contribution is 5.65. The molecule has 0 bridgehead atoms. The SMILES string of the molecule is CCCc1nn(C)c(NCC(COC)OC)c1N. The van der Waals surface area contributed by atoms with Gasteiger partial charge in [-0.05, 0) is 6.42 Å². The molecule has 0 saturated carbocycles. The zero-order valence-electron chi connectivity index (χ0n) is 11.7. The fourth-order valence-corrected chi connectivity index (χ4v) is 1.83. The number of rotatable bonds is 8. The first-order valence-corrected chi connectivity index (χ1v) is 6.20. The minimum atomic E-state index is -0.000995. The molecule has 0 aromatic carbocycles. The normalized spacial score (nSPS) is 12.7. The fraction of sp³-hybridized carbons (Fsp3) is 0.750. The van der Waals surface area contributed by atoms with Gasteiger partial charge in [0.15, 0.2) is 0 Å². The summed E-state index contributed by atoms with van der Waals surface area (Å²) < 4.78 is 12.1. The minimum absolute atomic E-state index is 0.000995. The number of hydrogen-bond acceptors (Lipinski definition) is 5. The van der Waals surface area contributed by atoms with E-state index in [1.54, 1.807) is 18.9 Å². The Morgan fingerprint density at radius 1 is 1.44 bits per heavy atom. The van der Waals surface area contributed by atoms with Crippen molar-refractivity contribution in [1.82, 2.24) is 9.78 Å². The van der Waals surface area contributed by atoms with Crippen LogP contribution < -0.4 is 11.1 Å². The van der Waals surface area contributed by atoms with Gasteiger partial charge in [0.25, 0.3) is 0 Å². The van der Waals surface area contributed by atoms with Crippen molar-refractivity contribution < 1.29 is 9.47 Å². The molecule has 104 valence electrons. The van der Waals surface area contributed by atoms with Crippen LogP contribution >= 0.6 is 0 Å². The van der Waals surface area contributed by atoms with Crippen LogP contribution in [0.2, 0.25) is 0 Å². The van der Waals surface area contributed by atoms with Crippen molar-refractivity contribution in [2.75, 3.05) is 38.4 Å². The number of aryl methyl sites for hydroxylation is 2. The molecule has 0 aliphatic carbocycles. The molecule has 0 aliphatic heterocycles. The number of nitrogens with two attached hydrogens (primary N) is 1. The molecule has 6 heteroatoms. The summed E-state index contributed by atoms with van der Waals surface area (Å²) in [4.78, 5) is 0. The molecule has 0 radical (unpaired) electrons. The van der Waals surface area contributed by atoms with Crippen molar-refractivity contribution in [2.24, 2.45) is 7.05 Å². The fourth-order valence-electron chi connectivity index (χ4n) is 1.83. The van der Waals surface area contributed by atoms with E-state index in [0.29, 0.717) is 13.2 Å². The summed E-state index contributed by atoms with van der Waals surface area (Å²) in [7, 11) is 5.21. The second kappa shape index (κ2) is 7.23. The highest BCUT2D eigenvalue weighted by atomic mass is 16.5. The van der Waals surface area contributed by atoms with Crippen LogP contribution in [0.15, 0.2) is 0 Å². The molecule has 0 aliphatic rings. The second-order valence-electron chi connectivity index (χ2n) is 4.28. The molecule has 6 nitrogen and oxygen atoms in total. The van der Waals surface area contributed by atoms with Crippen molar-refractivity contribution in [2.45, 2.75) is 25.9 Å². The van der Waals surface area contributed by atoms with Crippen LogP contribution in [0.25, 0.3) is 0 Å². The maximum absolute atomic E-state index is 6.07. The van der Waals surface area contributed by atoms with Gasteiger partial charge in [0.1, 0.15) is 5.82 Å². The summed E-state index contributed by atoms with van der Waals surface area (Å²) >= 11 is 0. The van der Waals surface area contributed by atoms with E-state index in [9.17, 15) is 0 Å². The number of ether oxygens (including phenoxy) is 2. The first-order chi connectivity index (χ1) is 8.63. The average Bonchev–Trinajstić information content (AvgIpc) is 2.61. The third-order valence-corrected chi connectivity index (χ3v) is 2.83. The Hall–Kier alpha value is -1.27. The summed E-state index contributed by atoms with van der Waals surface area (Å²) in [5.74, 6) is 0.844. The van der Waals surface area contributed by atoms with Crippen LogP contribution in [-0.4, -0.2) is 43.3 Å². The van der Waals surface area contributed by atoms with E-state index in [1.807, 2.05) is 7.05 Å². The number of aromatic nitrogens is 2. The van der Waals surface area contributed by atoms with Crippen LogP contribution in [0, 0.1) is 0 Å². The predicted octanol–water partition coefficient (Wildman–Crippen LogP) is 1.03. The van der Waals surface area contributed by atoms with Crippen molar-refractivity contribution in [1.29, 1.82) is 0 Å². The van der Waals surface area contributed by atoms with E-state index in [1.165, 1.54) is 0 Å². The lowest BCUT2D eigenvalue weighted by molar-refractivity contribution is 0.0365. The Bertz CT molecular complexity index is 365. The summed E-state index contributed by atoms with van der Waals surface area (Å²) in [5.41, 5.74) is 7.75. The monoisotopic (exact) mass is 256 g/mol. The first kappa shape index (κ1) is 14.8. The van der Waals surface area contributed by atoms with Gasteiger partial charge in [0.05, 0.1) is 24.1 Å². The number of anilines is 2. The lowest BCUT2D eigenvalue weighted by Gasteiger charge is -2.16. The zero-order valence-corrected chi connectivity index (χ0v) is 11.7. The van der Waals surface area contributed by atoms with E-state index in [-0.39, 0.29) is 6.10 Å². The summed E-state index contributed by atoms with van der Waals surface area (Å²) in [6.07, 6.45) is 1.93. The Labute approximate surface area is 108 Å². The Morgan fingerprint density at radius 3 is 2.72 bits per heavy atom. The molecule has 3 N–H and O–H groups in total. The maximum Gasteiger partial charge on any atom is 0.147 e. The molecule has 18 heavy (non-hydrogen) atoms. The lowest BCUT2D eigenvalue weighted by Crippen LogP contribution is -2.27. The zero-order chi connectivity index (χ0) is 13.5. The number of nitrogen functional groups attached to an aromatic ring is 1. The molecule has 1 atom stereocenters. The summed E-state index contributed by atoms with van der Waals surface area (Å²) in [5, 5.41) is 7.67. The van der Waals surface area contributed by atoms with Gasteiger partial charge in [0.2, 0.25) is 0 Å². The van der Waals surface area contributed by atoms with Crippen LogP contribution in [0.4, 0.5) is 11.5 Å². The highest BCUT2D eigenvalue weighted by Gasteiger charge is 2.14. The second-order valence-corrected chi connectivity index (χ2v) is 4.28. The number of hydrogen-bond donors (Lipinski definition) is 2. The van der Waals surface area contributed by atoms with Gasteiger partial charge in [-0.25, -0.2) is 0 Å². The molecule has 1 aromatic rings. The van der Waals surface area contributed by atoms with E-state index < -0.39 is 0 Å².